The lowest BCUT2D eigenvalue weighted by atomic mass is 10.0. The van der Waals surface area contributed by atoms with Crippen LogP contribution in [-0.4, -0.2) is 18.8 Å². The highest BCUT2D eigenvalue weighted by molar-refractivity contribution is 5.32. The van der Waals surface area contributed by atoms with E-state index in [2.05, 4.69) is 44.3 Å². The molecule has 0 amide bonds. The van der Waals surface area contributed by atoms with Gasteiger partial charge in [0.15, 0.2) is 0 Å². The Bertz CT molecular complexity index is 381. The normalized spacial score (nSPS) is 24.2. The lowest BCUT2D eigenvalue weighted by Gasteiger charge is -2.23. The molecular formula is C15H23NO. The number of benzene rings is 1. The molecule has 0 saturated carbocycles. The minimum Gasteiger partial charge on any atom is -0.374 e. The summed E-state index contributed by atoms with van der Waals surface area (Å²) in [6.07, 6.45) is 2.37. The topological polar surface area (TPSA) is 21.3 Å². The minimum atomic E-state index is 0.0533. The lowest BCUT2D eigenvalue weighted by molar-refractivity contribution is 0.0206. The van der Waals surface area contributed by atoms with Gasteiger partial charge in [-0.3, -0.25) is 0 Å². The van der Waals surface area contributed by atoms with Crippen molar-refractivity contribution in [2.24, 2.45) is 0 Å². The van der Waals surface area contributed by atoms with E-state index < -0.39 is 0 Å². The number of nitrogens with one attached hydrogen (secondary N) is 1. The fourth-order valence-corrected chi connectivity index (χ4v) is 2.44. The molecule has 1 aromatic carbocycles. The van der Waals surface area contributed by atoms with E-state index in [9.17, 15) is 0 Å². The molecule has 1 N–H and O–H groups in total. The van der Waals surface area contributed by atoms with Crippen LogP contribution in [0, 0.1) is 13.8 Å². The van der Waals surface area contributed by atoms with Crippen LogP contribution in [0.3, 0.4) is 0 Å². The van der Waals surface area contributed by atoms with Crippen molar-refractivity contribution in [3.63, 3.8) is 0 Å². The van der Waals surface area contributed by atoms with E-state index in [1.54, 1.807) is 0 Å². The van der Waals surface area contributed by atoms with Crippen molar-refractivity contribution < 1.29 is 4.74 Å². The summed E-state index contributed by atoms with van der Waals surface area (Å²) in [6.45, 7) is 9.37. The predicted molar refractivity (Wildman–Crippen MR) is 71.2 cm³/mol. The van der Waals surface area contributed by atoms with Crippen molar-refractivity contribution in [1.82, 2.24) is 5.32 Å². The maximum absolute atomic E-state index is 5.77. The van der Waals surface area contributed by atoms with Crippen LogP contribution in [0.2, 0.25) is 0 Å². The second kappa shape index (κ2) is 5.19. The molecule has 0 aromatic heterocycles. The van der Waals surface area contributed by atoms with Gasteiger partial charge >= 0.3 is 0 Å². The standard InChI is InChI=1S/C15H23NO/c1-12-6-4-7-14(13(12)2)10-16-11-15(3)8-5-9-17-15/h4,6-7,16H,5,8-11H2,1-3H3. The first-order valence-corrected chi connectivity index (χ1v) is 6.50. The monoisotopic (exact) mass is 233 g/mol. The first kappa shape index (κ1) is 12.6. The summed E-state index contributed by atoms with van der Waals surface area (Å²) in [5, 5.41) is 3.53. The molecule has 94 valence electrons. The second-order valence-corrected chi connectivity index (χ2v) is 5.36. The average molecular weight is 233 g/mol. The maximum atomic E-state index is 5.77. The minimum absolute atomic E-state index is 0.0533. The lowest BCUT2D eigenvalue weighted by Crippen LogP contribution is -2.36. The molecule has 1 saturated heterocycles. The van der Waals surface area contributed by atoms with Gasteiger partial charge in [0.2, 0.25) is 0 Å². The molecule has 1 atom stereocenters. The van der Waals surface area contributed by atoms with E-state index in [-0.39, 0.29) is 5.60 Å². The van der Waals surface area contributed by atoms with Crippen LogP contribution in [0.25, 0.3) is 0 Å². The van der Waals surface area contributed by atoms with E-state index in [1.165, 1.54) is 29.5 Å². The molecule has 2 heteroatoms. The molecule has 1 fully saturated rings. The number of rotatable bonds is 4. The van der Waals surface area contributed by atoms with E-state index in [0.717, 1.165) is 19.7 Å². The van der Waals surface area contributed by atoms with Crippen LogP contribution in [0.1, 0.15) is 36.5 Å². The van der Waals surface area contributed by atoms with Gasteiger partial charge in [-0.2, -0.15) is 0 Å². The predicted octanol–water partition coefficient (Wildman–Crippen LogP) is 2.96. The van der Waals surface area contributed by atoms with Crippen LogP contribution in [-0.2, 0) is 11.3 Å². The molecule has 1 unspecified atom stereocenters. The third-order valence-electron chi connectivity index (χ3n) is 3.83. The third-order valence-corrected chi connectivity index (χ3v) is 3.83. The number of ether oxygens (including phenoxy) is 1. The maximum Gasteiger partial charge on any atom is 0.0779 e. The molecule has 2 rings (SSSR count). The Morgan fingerprint density at radius 1 is 1.35 bits per heavy atom. The largest absolute Gasteiger partial charge is 0.374 e. The summed E-state index contributed by atoms with van der Waals surface area (Å²) in [7, 11) is 0. The van der Waals surface area contributed by atoms with Gasteiger partial charge in [-0.05, 0) is 50.3 Å². The van der Waals surface area contributed by atoms with Gasteiger partial charge in [-0.25, -0.2) is 0 Å². The summed E-state index contributed by atoms with van der Waals surface area (Å²) in [5.41, 5.74) is 4.22. The van der Waals surface area contributed by atoms with Crippen LogP contribution >= 0.6 is 0 Å². The van der Waals surface area contributed by atoms with Crippen LogP contribution in [0.4, 0.5) is 0 Å². The molecule has 2 nitrogen and oxygen atoms in total. The van der Waals surface area contributed by atoms with Gasteiger partial charge in [0, 0.05) is 19.7 Å². The third kappa shape index (κ3) is 3.08. The van der Waals surface area contributed by atoms with E-state index in [1.807, 2.05) is 0 Å². The zero-order valence-corrected chi connectivity index (χ0v) is 11.2. The Morgan fingerprint density at radius 2 is 2.18 bits per heavy atom. The molecule has 1 heterocycles. The van der Waals surface area contributed by atoms with Crippen LogP contribution < -0.4 is 5.32 Å². The van der Waals surface area contributed by atoms with Crippen molar-refractivity contribution in [3.05, 3.63) is 34.9 Å². The summed E-state index contributed by atoms with van der Waals surface area (Å²) in [4.78, 5) is 0. The summed E-state index contributed by atoms with van der Waals surface area (Å²) in [5.74, 6) is 0. The Balaban J connectivity index is 1.88. The van der Waals surface area contributed by atoms with E-state index >= 15 is 0 Å². The molecule has 1 aromatic rings. The zero-order valence-electron chi connectivity index (χ0n) is 11.2. The number of aryl methyl sites for hydroxylation is 1. The Kier molecular flexibility index (Phi) is 3.85. The molecular weight excluding hydrogens is 210 g/mol. The van der Waals surface area contributed by atoms with Crippen molar-refractivity contribution in [2.75, 3.05) is 13.2 Å². The van der Waals surface area contributed by atoms with Gasteiger partial charge < -0.3 is 10.1 Å². The zero-order chi connectivity index (χ0) is 12.3. The Morgan fingerprint density at radius 3 is 2.88 bits per heavy atom. The van der Waals surface area contributed by atoms with E-state index in [0.29, 0.717) is 0 Å². The summed E-state index contributed by atoms with van der Waals surface area (Å²) < 4.78 is 5.77. The van der Waals surface area contributed by atoms with Crippen molar-refractivity contribution in [2.45, 2.75) is 45.8 Å². The van der Waals surface area contributed by atoms with Gasteiger partial charge in [0.25, 0.3) is 0 Å². The molecule has 0 aliphatic carbocycles. The molecule has 1 aliphatic rings. The molecule has 0 radical (unpaired) electrons. The highest BCUT2D eigenvalue weighted by Gasteiger charge is 2.28. The highest BCUT2D eigenvalue weighted by Crippen LogP contribution is 2.24. The van der Waals surface area contributed by atoms with Crippen molar-refractivity contribution in [1.29, 1.82) is 0 Å². The fraction of sp³-hybridized carbons (Fsp3) is 0.600. The summed E-state index contributed by atoms with van der Waals surface area (Å²) >= 11 is 0. The summed E-state index contributed by atoms with van der Waals surface area (Å²) in [6, 6.07) is 6.50. The molecule has 0 bridgehead atoms. The van der Waals surface area contributed by atoms with Gasteiger partial charge in [0.05, 0.1) is 5.60 Å². The van der Waals surface area contributed by atoms with Gasteiger partial charge in [-0.1, -0.05) is 18.2 Å². The number of hydrogen-bond donors (Lipinski definition) is 1. The van der Waals surface area contributed by atoms with Crippen LogP contribution in [0.5, 0.6) is 0 Å². The molecule has 0 spiro atoms. The van der Waals surface area contributed by atoms with Crippen molar-refractivity contribution >= 4 is 0 Å². The Hall–Kier alpha value is -0.860. The Labute approximate surface area is 104 Å². The second-order valence-electron chi connectivity index (χ2n) is 5.36. The van der Waals surface area contributed by atoms with Gasteiger partial charge in [0.1, 0.15) is 0 Å². The van der Waals surface area contributed by atoms with E-state index in [4.69, 9.17) is 4.74 Å². The number of hydrogen-bond acceptors (Lipinski definition) is 2. The van der Waals surface area contributed by atoms with Gasteiger partial charge in [-0.15, -0.1) is 0 Å². The average Bonchev–Trinajstić information content (AvgIpc) is 2.72. The quantitative estimate of drug-likeness (QED) is 0.863. The highest BCUT2D eigenvalue weighted by atomic mass is 16.5. The SMILES string of the molecule is Cc1cccc(CNCC2(C)CCCO2)c1C. The molecule has 17 heavy (non-hydrogen) atoms. The fourth-order valence-electron chi connectivity index (χ4n) is 2.44. The van der Waals surface area contributed by atoms with Crippen molar-refractivity contribution in [3.8, 4) is 0 Å². The van der Waals surface area contributed by atoms with Crippen LogP contribution in [0.15, 0.2) is 18.2 Å². The smallest absolute Gasteiger partial charge is 0.0779 e. The first-order chi connectivity index (χ1) is 8.11. The molecule has 1 aliphatic heterocycles. The first-order valence-electron chi connectivity index (χ1n) is 6.50.